The van der Waals surface area contributed by atoms with Crippen LogP contribution < -0.4 is 5.32 Å². The predicted octanol–water partition coefficient (Wildman–Crippen LogP) is 3.12. The molecule has 3 heteroatoms. The Bertz CT molecular complexity index is 593. The van der Waals surface area contributed by atoms with E-state index in [2.05, 4.69) is 47.8 Å². The van der Waals surface area contributed by atoms with Crippen LogP contribution in [0, 0.1) is 0 Å². The van der Waals surface area contributed by atoms with E-state index in [4.69, 9.17) is 9.47 Å². The van der Waals surface area contributed by atoms with Gasteiger partial charge < -0.3 is 14.8 Å². The minimum Gasteiger partial charge on any atom is -0.377 e. The highest BCUT2D eigenvalue weighted by molar-refractivity contribution is 5.85. The smallest absolute Gasteiger partial charge is 0.0986 e. The third-order valence-corrected chi connectivity index (χ3v) is 4.34. The van der Waals surface area contributed by atoms with Crippen molar-refractivity contribution in [2.45, 2.75) is 38.1 Å². The van der Waals surface area contributed by atoms with Crippen LogP contribution in [0.25, 0.3) is 10.8 Å². The van der Waals surface area contributed by atoms with E-state index < -0.39 is 0 Å². The fraction of sp³-hybridized carbons (Fsp3) is 0.444. The minimum atomic E-state index is 0.167. The Kier molecular flexibility index (Phi) is 4.54. The van der Waals surface area contributed by atoms with E-state index in [1.807, 2.05) is 6.92 Å². The van der Waals surface area contributed by atoms with Crippen LogP contribution in [0.4, 0.5) is 0 Å². The third kappa shape index (κ3) is 2.95. The summed E-state index contributed by atoms with van der Waals surface area (Å²) >= 11 is 0. The van der Waals surface area contributed by atoms with Gasteiger partial charge in [-0.25, -0.2) is 0 Å². The number of rotatable bonds is 6. The average molecular weight is 285 g/mol. The molecule has 1 aliphatic rings. The molecule has 0 amide bonds. The van der Waals surface area contributed by atoms with Gasteiger partial charge in [0.15, 0.2) is 0 Å². The highest BCUT2D eigenvalue weighted by atomic mass is 16.5. The van der Waals surface area contributed by atoms with Gasteiger partial charge in [-0.1, -0.05) is 42.5 Å². The third-order valence-electron chi connectivity index (χ3n) is 4.34. The van der Waals surface area contributed by atoms with E-state index >= 15 is 0 Å². The first kappa shape index (κ1) is 14.5. The number of ether oxygens (including phenoxy) is 2. The van der Waals surface area contributed by atoms with Gasteiger partial charge in [0, 0.05) is 26.3 Å². The molecule has 1 aliphatic carbocycles. The van der Waals surface area contributed by atoms with Crippen molar-refractivity contribution in [1.29, 1.82) is 0 Å². The fourth-order valence-electron chi connectivity index (χ4n) is 3.16. The predicted molar refractivity (Wildman–Crippen MR) is 85.4 cm³/mol. The van der Waals surface area contributed by atoms with E-state index in [0.717, 1.165) is 19.6 Å². The van der Waals surface area contributed by atoms with Crippen LogP contribution in [-0.2, 0) is 16.0 Å². The summed E-state index contributed by atoms with van der Waals surface area (Å²) < 4.78 is 11.2. The number of benzene rings is 2. The van der Waals surface area contributed by atoms with Crippen molar-refractivity contribution < 1.29 is 9.47 Å². The quantitative estimate of drug-likeness (QED) is 0.884. The van der Waals surface area contributed by atoms with Crippen molar-refractivity contribution in [3.8, 4) is 0 Å². The molecule has 0 bridgehead atoms. The van der Waals surface area contributed by atoms with Crippen LogP contribution in [0.5, 0.6) is 0 Å². The standard InChI is InChI=1S/C18H23NO2/c1-3-21-17-11-16(18(17)20-2)19-12-14-9-6-8-13-7-4-5-10-15(13)14/h4-10,16-19H,3,11-12H2,1-2H3. The first-order valence-electron chi connectivity index (χ1n) is 7.68. The maximum absolute atomic E-state index is 5.67. The molecule has 0 aliphatic heterocycles. The summed E-state index contributed by atoms with van der Waals surface area (Å²) in [6.07, 6.45) is 1.43. The van der Waals surface area contributed by atoms with E-state index in [9.17, 15) is 0 Å². The molecule has 0 aromatic heterocycles. The molecule has 2 aromatic rings. The van der Waals surface area contributed by atoms with Gasteiger partial charge >= 0.3 is 0 Å². The Hall–Kier alpha value is -1.42. The first-order chi connectivity index (χ1) is 10.3. The van der Waals surface area contributed by atoms with Crippen molar-refractivity contribution in [3.63, 3.8) is 0 Å². The summed E-state index contributed by atoms with van der Waals surface area (Å²) in [6, 6.07) is 15.4. The fourth-order valence-corrected chi connectivity index (χ4v) is 3.16. The number of nitrogens with one attached hydrogen (secondary N) is 1. The van der Waals surface area contributed by atoms with E-state index in [-0.39, 0.29) is 12.2 Å². The molecule has 21 heavy (non-hydrogen) atoms. The number of hydrogen-bond donors (Lipinski definition) is 1. The topological polar surface area (TPSA) is 30.5 Å². The van der Waals surface area contributed by atoms with Crippen LogP contribution in [0.1, 0.15) is 18.9 Å². The van der Waals surface area contributed by atoms with Gasteiger partial charge in [0.25, 0.3) is 0 Å². The lowest BCUT2D eigenvalue weighted by Gasteiger charge is -2.43. The molecular weight excluding hydrogens is 262 g/mol. The molecular formula is C18H23NO2. The summed E-state index contributed by atoms with van der Waals surface area (Å²) in [7, 11) is 1.77. The molecule has 1 fully saturated rings. The van der Waals surface area contributed by atoms with Gasteiger partial charge in [-0.15, -0.1) is 0 Å². The summed E-state index contributed by atoms with van der Waals surface area (Å²) in [5.41, 5.74) is 1.34. The Labute approximate surface area is 126 Å². The maximum atomic E-state index is 5.67. The summed E-state index contributed by atoms with van der Waals surface area (Å²) in [5, 5.41) is 6.23. The SMILES string of the molecule is CCOC1CC(NCc2cccc3ccccc23)C1OC. The summed E-state index contributed by atoms with van der Waals surface area (Å²) in [6.45, 7) is 3.65. The van der Waals surface area contributed by atoms with Crippen molar-refractivity contribution in [1.82, 2.24) is 5.32 Å². The lowest BCUT2D eigenvalue weighted by Crippen LogP contribution is -2.59. The Morgan fingerprint density at radius 3 is 2.76 bits per heavy atom. The zero-order chi connectivity index (χ0) is 14.7. The van der Waals surface area contributed by atoms with Crippen LogP contribution in [0.3, 0.4) is 0 Å². The monoisotopic (exact) mass is 285 g/mol. The van der Waals surface area contributed by atoms with Crippen molar-refractivity contribution in [2.75, 3.05) is 13.7 Å². The van der Waals surface area contributed by atoms with Gasteiger partial charge in [0.05, 0.1) is 12.2 Å². The van der Waals surface area contributed by atoms with Crippen molar-refractivity contribution >= 4 is 10.8 Å². The average Bonchev–Trinajstić information content (AvgIpc) is 2.50. The van der Waals surface area contributed by atoms with Crippen molar-refractivity contribution in [2.24, 2.45) is 0 Å². The Morgan fingerprint density at radius 2 is 1.95 bits per heavy atom. The summed E-state index contributed by atoms with van der Waals surface area (Å²) in [4.78, 5) is 0. The second-order valence-corrected chi connectivity index (χ2v) is 5.56. The van der Waals surface area contributed by atoms with Crippen LogP contribution in [0.2, 0.25) is 0 Å². The first-order valence-corrected chi connectivity index (χ1v) is 7.68. The summed E-state index contributed by atoms with van der Waals surface area (Å²) in [5.74, 6) is 0. The van der Waals surface area contributed by atoms with E-state index in [0.29, 0.717) is 6.04 Å². The lowest BCUT2D eigenvalue weighted by atomic mass is 9.85. The molecule has 3 atom stereocenters. The largest absolute Gasteiger partial charge is 0.377 e. The highest BCUT2D eigenvalue weighted by Crippen LogP contribution is 2.27. The highest BCUT2D eigenvalue weighted by Gasteiger charge is 2.41. The molecule has 0 heterocycles. The minimum absolute atomic E-state index is 0.167. The van der Waals surface area contributed by atoms with Gasteiger partial charge in [0.2, 0.25) is 0 Å². The second-order valence-electron chi connectivity index (χ2n) is 5.56. The Morgan fingerprint density at radius 1 is 1.14 bits per heavy atom. The molecule has 1 N–H and O–H groups in total. The van der Waals surface area contributed by atoms with Gasteiger partial charge in [-0.3, -0.25) is 0 Å². The Balaban J connectivity index is 1.65. The molecule has 0 saturated heterocycles. The molecule has 112 valence electrons. The van der Waals surface area contributed by atoms with Gasteiger partial charge in [-0.05, 0) is 29.7 Å². The van der Waals surface area contributed by atoms with Crippen LogP contribution in [0.15, 0.2) is 42.5 Å². The van der Waals surface area contributed by atoms with Crippen LogP contribution >= 0.6 is 0 Å². The van der Waals surface area contributed by atoms with Crippen LogP contribution in [-0.4, -0.2) is 32.0 Å². The molecule has 0 spiro atoms. The lowest BCUT2D eigenvalue weighted by molar-refractivity contribution is -0.131. The van der Waals surface area contributed by atoms with Gasteiger partial charge in [0.1, 0.15) is 0 Å². The second kappa shape index (κ2) is 6.56. The normalized spacial score (nSPS) is 25.0. The molecule has 2 aromatic carbocycles. The molecule has 3 nitrogen and oxygen atoms in total. The zero-order valence-electron chi connectivity index (χ0n) is 12.7. The number of methoxy groups -OCH3 is 1. The number of fused-ring (bicyclic) bond motifs is 1. The maximum Gasteiger partial charge on any atom is 0.0986 e. The van der Waals surface area contributed by atoms with Crippen molar-refractivity contribution in [3.05, 3.63) is 48.0 Å². The molecule has 3 unspecified atom stereocenters. The zero-order valence-corrected chi connectivity index (χ0v) is 12.7. The van der Waals surface area contributed by atoms with Gasteiger partial charge in [-0.2, -0.15) is 0 Å². The number of hydrogen-bond acceptors (Lipinski definition) is 3. The molecule has 1 saturated carbocycles. The van der Waals surface area contributed by atoms with E-state index in [1.54, 1.807) is 7.11 Å². The molecule has 3 rings (SSSR count). The van der Waals surface area contributed by atoms with E-state index in [1.165, 1.54) is 16.3 Å². The molecule has 0 radical (unpaired) electrons.